The molecular weight excluding hydrogens is 483 g/mol. The van der Waals surface area contributed by atoms with Crippen molar-refractivity contribution in [3.8, 4) is 17.5 Å². The molecule has 0 fully saturated rings. The van der Waals surface area contributed by atoms with E-state index in [1.54, 1.807) is 22.7 Å². The zero-order chi connectivity index (χ0) is 24.1. The van der Waals surface area contributed by atoms with E-state index in [1.807, 2.05) is 0 Å². The number of aromatic nitrogens is 3. The number of carbonyl (C=O) groups is 1. The zero-order valence-electron chi connectivity index (χ0n) is 20.0. The van der Waals surface area contributed by atoms with Crippen LogP contribution in [0.15, 0.2) is 16.6 Å². The van der Waals surface area contributed by atoms with Gasteiger partial charge in [0.15, 0.2) is 11.0 Å². The summed E-state index contributed by atoms with van der Waals surface area (Å²) in [5, 5.41) is 25.2. The van der Waals surface area contributed by atoms with Gasteiger partial charge in [0.1, 0.15) is 11.1 Å². The third-order valence-corrected chi connectivity index (χ3v) is 9.10. The van der Waals surface area contributed by atoms with E-state index >= 15 is 0 Å². The predicted molar refractivity (Wildman–Crippen MR) is 142 cm³/mol. The van der Waals surface area contributed by atoms with Crippen molar-refractivity contribution in [1.82, 2.24) is 14.8 Å². The fourth-order valence-corrected chi connectivity index (χ4v) is 7.42. The molecule has 1 N–H and O–H groups in total. The molecule has 0 saturated carbocycles. The number of carbonyl (C=O) groups excluding carboxylic acids is 1. The molecule has 180 valence electrons. The van der Waals surface area contributed by atoms with Crippen LogP contribution in [-0.2, 0) is 24.1 Å². The number of fused-ring (bicyclic) bond motifs is 1. The van der Waals surface area contributed by atoms with Crippen molar-refractivity contribution < 1.29 is 4.79 Å². The first kappa shape index (κ1) is 25.0. The van der Waals surface area contributed by atoms with Crippen LogP contribution in [0.2, 0.25) is 0 Å². The van der Waals surface area contributed by atoms with E-state index in [0.29, 0.717) is 10.6 Å². The Hall–Kier alpha value is -2.15. The van der Waals surface area contributed by atoms with Gasteiger partial charge in [-0.1, -0.05) is 37.9 Å². The lowest BCUT2D eigenvalue weighted by Gasteiger charge is -2.13. The van der Waals surface area contributed by atoms with Crippen LogP contribution >= 0.6 is 34.4 Å². The highest BCUT2D eigenvalue weighted by Crippen LogP contribution is 2.37. The quantitative estimate of drug-likeness (QED) is 0.333. The highest BCUT2D eigenvalue weighted by molar-refractivity contribution is 7.99. The lowest BCUT2D eigenvalue weighted by molar-refractivity contribution is -0.113. The summed E-state index contributed by atoms with van der Waals surface area (Å²) < 4.78 is 2.10. The van der Waals surface area contributed by atoms with E-state index in [2.05, 4.69) is 58.4 Å². The van der Waals surface area contributed by atoms with Crippen molar-refractivity contribution in [1.29, 1.82) is 5.26 Å². The Morgan fingerprint density at radius 1 is 1.26 bits per heavy atom. The number of anilines is 1. The molecular formula is C25H31N5OS3. The van der Waals surface area contributed by atoms with Gasteiger partial charge < -0.3 is 5.32 Å². The number of amides is 1. The van der Waals surface area contributed by atoms with Crippen LogP contribution < -0.4 is 5.32 Å². The summed E-state index contributed by atoms with van der Waals surface area (Å²) in [5.41, 5.74) is 2.89. The molecule has 6 nitrogen and oxygen atoms in total. The van der Waals surface area contributed by atoms with Gasteiger partial charge in [0.2, 0.25) is 5.91 Å². The van der Waals surface area contributed by atoms with Crippen molar-refractivity contribution >= 4 is 45.3 Å². The molecule has 9 heteroatoms. The van der Waals surface area contributed by atoms with Crippen LogP contribution in [0.25, 0.3) is 11.4 Å². The number of thiophene rings is 2. The molecule has 0 bridgehead atoms. The topological polar surface area (TPSA) is 83.6 Å². The number of nitrogens with one attached hydrogen (secondary N) is 1. The van der Waals surface area contributed by atoms with E-state index in [9.17, 15) is 10.1 Å². The highest BCUT2D eigenvalue weighted by Gasteiger charge is 2.22. The predicted octanol–water partition coefficient (Wildman–Crippen LogP) is 6.86. The Morgan fingerprint density at radius 3 is 2.79 bits per heavy atom. The maximum atomic E-state index is 12.8. The lowest BCUT2D eigenvalue weighted by Crippen LogP contribution is -2.15. The monoisotopic (exact) mass is 513 g/mol. The zero-order valence-corrected chi connectivity index (χ0v) is 22.5. The van der Waals surface area contributed by atoms with Crippen molar-refractivity contribution in [3.63, 3.8) is 0 Å². The molecule has 34 heavy (non-hydrogen) atoms. The molecule has 1 amide bonds. The maximum absolute atomic E-state index is 12.8. The molecule has 3 aromatic rings. The van der Waals surface area contributed by atoms with Crippen molar-refractivity contribution in [2.24, 2.45) is 0 Å². The highest BCUT2D eigenvalue weighted by atomic mass is 32.2. The molecule has 0 radical (unpaired) electrons. The van der Waals surface area contributed by atoms with Crippen LogP contribution in [-0.4, -0.2) is 26.4 Å². The van der Waals surface area contributed by atoms with Crippen molar-refractivity contribution in [3.05, 3.63) is 32.3 Å². The number of nitrogens with zero attached hydrogens (tertiary/aromatic N) is 4. The third kappa shape index (κ3) is 5.56. The van der Waals surface area contributed by atoms with Gasteiger partial charge in [-0.25, -0.2) is 0 Å². The van der Waals surface area contributed by atoms with Gasteiger partial charge in [0, 0.05) is 26.7 Å². The van der Waals surface area contributed by atoms with Crippen LogP contribution in [0.4, 0.5) is 5.00 Å². The molecule has 0 saturated heterocycles. The maximum Gasteiger partial charge on any atom is 0.235 e. The number of thioether (sulfide) groups is 1. The molecule has 0 atom stereocenters. The minimum Gasteiger partial charge on any atom is -0.316 e. The van der Waals surface area contributed by atoms with Gasteiger partial charge in [-0.15, -0.1) is 32.9 Å². The molecule has 3 aromatic heterocycles. The Bertz CT molecular complexity index is 1180. The second-order valence-electron chi connectivity index (χ2n) is 8.89. The second kappa shape index (κ2) is 11.5. The van der Waals surface area contributed by atoms with Gasteiger partial charge in [0.05, 0.1) is 11.3 Å². The van der Waals surface area contributed by atoms with E-state index < -0.39 is 0 Å². The van der Waals surface area contributed by atoms with Gasteiger partial charge >= 0.3 is 0 Å². The van der Waals surface area contributed by atoms with E-state index in [4.69, 9.17) is 0 Å². The number of rotatable bonds is 8. The average molecular weight is 514 g/mol. The number of hydrogen-bond acceptors (Lipinski definition) is 7. The first-order valence-electron chi connectivity index (χ1n) is 12.0. The molecule has 0 aromatic carbocycles. The summed E-state index contributed by atoms with van der Waals surface area (Å²) in [6.07, 6.45) is 8.83. The fraction of sp³-hybridized carbons (Fsp3) is 0.520. The number of aryl methyl sites for hydroxylation is 2. The SMILES string of the molecule is CCCc1cc(-c2nnc(SCC(=O)Nc3sc4c(c3C#N)CCCCCC4)n2C(C)C)cs1. The van der Waals surface area contributed by atoms with Gasteiger partial charge in [-0.3, -0.25) is 9.36 Å². The molecule has 4 rings (SSSR count). The standard InChI is InChI=1S/C25H31N5OS3/c1-4-9-18-12-17(14-32-18)23-28-29-25(30(23)16(2)3)33-15-22(31)27-24-20(13-26)19-10-7-5-6-8-11-21(19)34-24/h12,14,16H,4-11,15H2,1-3H3,(H,27,31). The fourth-order valence-electron chi connectivity index (χ4n) is 4.33. The minimum absolute atomic E-state index is 0.114. The third-order valence-electron chi connectivity index (χ3n) is 5.96. The first-order chi connectivity index (χ1) is 16.5. The van der Waals surface area contributed by atoms with Crippen LogP contribution in [0.3, 0.4) is 0 Å². The molecule has 3 heterocycles. The molecule has 1 aliphatic rings. The summed E-state index contributed by atoms with van der Waals surface area (Å²) >= 11 is 4.73. The van der Waals surface area contributed by atoms with Crippen molar-refractivity contribution in [2.75, 3.05) is 11.1 Å². The second-order valence-corrected chi connectivity index (χ2v) is 11.9. The van der Waals surface area contributed by atoms with E-state index in [-0.39, 0.29) is 17.7 Å². The van der Waals surface area contributed by atoms with Gasteiger partial charge in [-0.2, -0.15) is 5.26 Å². The summed E-state index contributed by atoms with van der Waals surface area (Å²) in [6, 6.07) is 4.72. The average Bonchev–Trinajstić information content (AvgIpc) is 3.50. The Morgan fingerprint density at radius 2 is 2.06 bits per heavy atom. The first-order valence-corrected chi connectivity index (χ1v) is 14.7. The summed E-state index contributed by atoms with van der Waals surface area (Å²) in [7, 11) is 0. The summed E-state index contributed by atoms with van der Waals surface area (Å²) in [6.45, 7) is 6.40. The Labute approximate surface area is 213 Å². The lowest BCUT2D eigenvalue weighted by atomic mass is 9.97. The van der Waals surface area contributed by atoms with E-state index in [0.717, 1.165) is 60.6 Å². The molecule has 0 aliphatic heterocycles. The summed E-state index contributed by atoms with van der Waals surface area (Å²) in [5.74, 6) is 0.959. The minimum atomic E-state index is -0.114. The molecule has 0 spiro atoms. The number of nitriles is 1. The van der Waals surface area contributed by atoms with Gasteiger partial charge in [-0.05, 0) is 57.6 Å². The van der Waals surface area contributed by atoms with Gasteiger partial charge in [0.25, 0.3) is 0 Å². The van der Waals surface area contributed by atoms with Crippen LogP contribution in [0.1, 0.15) is 79.8 Å². The van der Waals surface area contributed by atoms with Crippen LogP contribution in [0, 0.1) is 11.3 Å². The summed E-state index contributed by atoms with van der Waals surface area (Å²) in [4.78, 5) is 15.5. The Balaban J connectivity index is 1.47. The molecule has 1 aliphatic carbocycles. The molecule has 0 unspecified atom stereocenters. The number of hydrogen-bond donors (Lipinski definition) is 1. The van der Waals surface area contributed by atoms with Crippen molar-refractivity contribution in [2.45, 2.75) is 83.3 Å². The normalized spacial score (nSPS) is 13.9. The van der Waals surface area contributed by atoms with E-state index in [1.165, 1.54) is 34.4 Å². The Kier molecular flexibility index (Phi) is 8.46. The van der Waals surface area contributed by atoms with Crippen LogP contribution in [0.5, 0.6) is 0 Å². The largest absolute Gasteiger partial charge is 0.316 e. The smallest absolute Gasteiger partial charge is 0.235 e.